The molecule has 11 heteroatoms. The molecule has 0 spiro atoms. The highest BCUT2D eigenvalue weighted by Gasteiger charge is 2.10. The molecule has 0 aliphatic heterocycles. The number of nitrogens with one attached hydrogen (secondary N) is 3. The van der Waals surface area contributed by atoms with Gasteiger partial charge in [0.1, 0.15) is 4.92 Å². The summed E-state index contributed by atoms with van der Waals surface area (Å²) >= 11 is 0. The zero-order valence-corrected chi connectivity index (χ0v) is 11.2. The summed E-state index contributed by atoms with van der Waals surface area (Å²) in [5.41, 5.74) is 2.58. The van der Waals surface area contributed by atoms with E-state index in [2.05, 4.69) is 36.1 Å². The predicted molar refractivity (Wildman–Crippen MR) is 75.5 cm³/mol. The maximum Gasteiger partial charge on any atom is 0.433 e. The van der Waals surface area contributed by atoms with Gasteiger partial charge in [0.25, 0.3) is 0 Å². The molecule has 110 valence electrons. The molecule has 2 heterocycles. The maximum atomic E-state index is 10.5. The number of nitrogens with zero attached hydrogens (tertiary/aromatic N) is 5. The Hall–Kier alpha value is -3.24. The first kappa shape index (κ1) is 14.2. The van der Waals surface area contributed by atoms with Crippen molar-refractivity contribution in [1.82, 2.24) is 15.0 Å². The third kappa shape index (κ3) is 3.62. The molecule has 0 atom stereocenters. The first-order chi connectivity index (χ1) is 10.1. The van der Waals surface area contributed by atoms with Crippen LogP contribution >= 0.6 is 0 Å². The number of furan rings is 1. The van der Waals surface area contributed by atoms with E-state index in [4.69, 9.17) is 4.42 Å². The van der Waals surface area contributed by atoms with Crippen LogP contribution in [0.4, 0.5) is 23.7 Å². The molecule has 11 nitrogen and oxygen atoms in total. The Morgan fingerprint density at radius 1 is 1.19 bits per heavy atom. The average molecular weight is 292 g/mol. The van der Waals surface area contributed by atoms with E-state index in [-0.39, 0.29) is 17.6 Å². The number of aromatic nitrogens is 3. The first-order valence-corrected chi connectivity index (χ1v) is 5.77. The van der Waals surface area contributed by atoms with Crippen LogP contribution in [0.3, 0.4) is 0 Å². The maximum absolute atomic E-state index is 10.5. The van der Waals surface area contributed by atoms with Crippen molar-refractivity contribution in [2.75, 3.05) is 30.2 Å². The predicted octanol–water partition coefficient (Wildman–Crippen LogP) is 0.902. The van der Waals surface area contributed by atoms with Crippen LogP contribution in [0, 0.1) is 10.1 Å². The van der Waals surface area contributed by atoms with Crippen molar-refractivity contribution in [3.05, 3.63) is 28.0 Å². The lowest BCUT2D eigenvalue weighted by Crippen LogP contribution is -2.06. The number of hydrogen-bond acceptors (Lipinski definition) is 10. The summed E-state index contributed by atoms with van der Waals surface area (Å²) in [6, 6.07) is 2.66. The molecule has 0 radical (unpaired) electrons. The zero-order valence-electron chi connectivity index (χ0n) is 11.2. The van der Waals surface area contributed by atoms with Crippen LogP contribution in [-0.2, 0) is 0 Å². The fourth-order valence-corrected chi connectivity index (χ4v) is 1.31. The molecule has 0 bridgehead atoms. The quantitative estimate of drug-likeness (QED) is 0.401. The monoisotopic (exact) mass is 292 g/mol. The van der Waals surface area contributed by atoms with Crippen molar-refractivity contribution in [3.8, 4) is 0 Å². The van der Waals surface area contributed by atoms with Gasteiger partial charge < -0.3 is 15.1 Å². The van der Waals surface area contributed by atoms with Gasteiger partial charge in [-0.3, -0.25) is 10.1 Å². The molecule has 0 amide bonds. The SMILES string of the molecule is CNc1nc(NC)nc(N/N=C\c2ccc([N+](=O)[O-])o2)n1. The van der Waals surface area contributed by atoms with Gasteiger partial charge in [0, 0.05) is 14.1 Å². The summed E-state index contributed by atoms with van der Waals surface area (Å²) in [6.07, 6.45) is 1.27. The van der Waals surface area contributed by atoms with Crippen molar-refractivity contribution >= 4 is 29.9 Å². The third-order valence-corrected chi connectivity index (χ3v) is 2.23. The number of hydrazone groups is 1. The summed E-state index contributed by atoms with van der Waals surface area (Å²) in [5, 5.41) is 19.9. The van der Waals surface area contributed by atoms with Crippen LogP contribution < -0.4 is 16.1 Å². The van der Waals surface area contributed by atoms with Gasteiger partial charge in [-0.1, -0.05) is 0 Å². The van der Waals surface area contributed by atoms with Gasteiger partial charge in [0.05, 0.1) is 12.3 Å². The van der Waals surface area contributed by atoms with Gasteiger partial charge in [-0.05, 0) is 6.07 Å². The minimum atomic E-state index is -0.630. The molecule has 0 fully saturated rings. The standard InChI is InChI=1S/C10H12N8O3/c1-11-8-14-9(12-2)16-10(15-8)17-13-5-6-3-4-7(21-6)18(19)20/h3-5H,1-2H3,(H3,11,12,14,15,16,17)/b13-5-. The molecule has 3 N–H and O–H groups in total. The van der Waals surface area contributed by atoms with Gasteiger partial charge in [0.15, 0.2) is 5.76 Å². The summed E-state index contributed by atoms with van der Waals surface area (Å²) in [7, 11) is 3.34. The summed E-state index contributed by atoms with van der Waals surface area (Å²) in [4.78, 5) is 21.9. The van der Waals surface area contributed by atoms with E-state index in [0.717, 1.165) is 0 Å². The Morgan fingerprint density at radius 2 is 1.81 bits per heavy atom. The van der Waals surface area contributed by atoms with E-state index in [9.17, 15) is 10.1 Å². The molecule has 0 aliphatic rings. The van der Waals surface area contributed by atoms with Gasteiger partial charge >= 0.3 is 5.88 Å². The van der Waals surface area contributed by atoms with E-state index in [1.807, 2.05) is 0 Å². The molecule has 0 saturated heterocycles. The van der Waals surface area contributed by atoms with Crippen LogP contribution in [0.25, 0.3) is 0 Å². The highest BCUT2D eigenvalue weighted by molar-refractivity contribution is 5.76. The second kappa shape index (κ2) is 6.27. The Labute approximate surface area is 118 Å². The highest BCUT2D eigenvalue weighted by Crippen LogP contribution is 2.14. The minimum Gasteiger partial charge on any atom is -0.400 e. The number of hydrogen-bond donors (Lipinski definition) is 3. The molecule has 0 unspecified atom stereocenters. The molecular formula is C10H12N8O3. The number of nitro groups is 1. The lowest BCUT2D eigenvalue weighted by atomic mass is 10.5. The highest BCUT2D eigenvalue weighted by atomic mass is 16.6. The smallest absolute Gasteiger partial charge is 0.400 e. The van der Waals surface area contributed by atoms with Crippen LogP contribution in [0.1, 0.15) is 5.76 Å². The Morgan fingerprint density at radius 3 is 2.33 bits per heavy atom. The van der Waals surface area contributed by atoms with E-state index >= 15 is 0 Å². The summed E-state index contributed by atoms with van der Waals surface area (Å²) in [5.74, 6) is 0.801. The van der Waals surface area contributed by atoms with E-state index in [1.54, 1.807) is 14.1 Å². The molecular weight excluding hydrogens is 280 g/mol. The Kier molecular flexibility index (Phi) is 4.23. The van der Waals surface area contributed by atoms with E-state index < -0.39 is 4.92 Å². The fourth-order valence-electron chi connectivity index (χ4n) is 1.31. The largest absolute Gasteiger partial charge is 0.433 e. The van der Waals surface area contributed by atoms with Crippen LogP contribution in [-0.4, -0.2) is 40.2 Å². The Balaban J connectivity index is 2.07. The second-order valence-corrected chi connectivity index (χ2v) is 3.61. The van der Waals surface area contributed by atoms with Crippen molar-refractivity contribution in [3.63, 3.8) is 0 Å². The van der Waals surface area contributed by atoms with E-state index in [1.165, 1.54) is 18.3 Å². The first-order valence-electron chi connectivity index (χ1n) is 5.77. The molecule has 21 heavy (non-hydrogen) atoms. The zero-order chi connectivity index (χ0) is 15.2. The van der Waals surface area contributed by atoms with Crippen LogP contribution in [0.2, 0.25) is 0 Å². The van der Waals surface area contributed by atoms with Crippen LogP contribution in [0.5, 0.6) is 0 Å². The van der Waals surface area contributed by atoms with Crippen molar-refractivity contribution in [2.45, 2.75) is 0 Å². The minimum absolute atomic E-state index is 0.205. The molecule has 0 aromatic carbocycles. The van der Waals surface area contributed by atoms with Crippen molar-refractivity contribution in [1.29, 1.82) is 0 Å². The molecule has 2 rings (SSSR count). The molecule has 2 aromatic rings. The van der Waals surface area contributed by atoms with Gasteiger partial charge in [0.2, 0.25) is 17.8 Å². The number of rotatable bonds is 6. The normalized spacial score (nSPS) is 10.6. The Bertz CT molecular complexity index is 646. The second-order valence-electron chi connectivity index (χ2n) is 3.61. The fraction of sp³-hybridized carbons (Fsp3) is 0.200. The third-order valence-electron chi connectivity index (χ3n) is 2.23. The van der Waals surface area contributed by atoms with E-state index in [0.29, 0.717) is 11.9 Å². The van der Waals surface area contributed by atoms with Gasteiger partial charge in [-0.2, -0.15) is 20.1 Å². The van der Waals surface area contributed by atoms with Gasteiger partial charge in [-0.25, -0.2) is 5.43 Å². The average Bonchev–Trinajstić information content (AvgIpc) is 2.96. The van der Waals surface area contributed by atoms with Crippen LogP contribution in [0.15, 0.2) is 21.7 Å². The van der Waals surface area contributed by atoms with Gasteiger partial charge in [-0.15, -0.1) is 0 Å². The molecule has 0 aliphatic carbocycles. The van der Waals surface area contributed by atoms with Crippen molar-refractivity contribution < 1.29 is 9.34 Å². The van der Waals surface area contributed by atoms with Crippen molar-refractivity contribution in [2.24, 2.45) is 5.10 Å². The summed E-state index contributed by atoms with van der Waals surface area (Å²) < 4.78 is 4.91. The molecule has 2 aromatic heterocycles. The number of anilines is 3. The topological polar surface area (TPSA) is 143 Å². The lowest BCUT2D eigenvalue weighted by molar-refractivity contribution is -0.402. The molecule has 0 saturated carbocycles. The summed E-state index contributed by atoms with van der Waals surface area (Å²) in [6.45, 7) is 0. The lowest BCUT2D eigenvalue weighted by Gasteiger charge is -2.04.